The molecule has 1 aliphatic heterocycles. The Morgan fingerprint density at radius 2 is 1.92 bits per heavy atom. The van der Waals surface area contributed by atoms with Crippen LogP contribution in [0.25, 0.3) is 0 Å². The Morgan fingerprint density at radius 3 is 2.54 bits per heavy atom. The predicted molar refractivity (Wildman–Crippen MR) is 90.3 cm³/mol. The maximum atomic E-state index is 12.7. The molecule has 6 aliphatic carbocycles. The van der Waals surface area contributed by atoms with E-state index in [1.807, 2.05) is 0 Å². The quantitative estimate of drug-likeness (QED) is 0.836. The molecule has 0 aromatic rings. The Morgan fingerprint density at radius 1 is 1.12 bits per heavy atom. The van der Waals surface area contributed by atoms with Crippen LogP contribution in [0, 0.1) is 35.0 Å². The lowest BCUT2D eigenvalue weighted by molar-refractivity contribution is -0.253. The van der Waals surface area contributed by atoms with Gasteiger partial charge in [-0.15, -0.1) is 0 Å². The predicted octanol–water partition coefficient (Wildman–Crippen LogP) is 2.76. The number of amides is 2. The summed E-state index contributed by atoms with van der Waals surface area (Å²) in [5.41, 5.74) is -0.171. The average Bonchev–Trinajstić information content (AvgIpc) is 3.38. The molecule has 7 aliphatic rings. The lowest BCUT2D eigenvalue weighted by atomic mass is 9.39. The molecule has 24 heavy (non-hydrogen) atoms. The molecular weight excluding hydrogens is 300 g/mol. The lowest BCUT2D eigenvalue weighted by Gasteiger charge is -2.70. The minimum atomic E-state index is -0.409. The van der Waals surface area contributed by atoms with Crippen LogP contribution in [-0.4, -0.2) is 40.3 Å². The van der Waals surface area contributed by atoms with Gasteiger partial charge in [-0.05, 0) is 87.9 Å². The molecule has 0 radical (unpaired) electrons. The third kappa shape index (κ3) is 1.67. The van der Waals surface area contributed by atoms with Crippen LogP contribution < -0.4 is 5.32 Å². The van der Waals surface area contributed by atoms with Gasteiger partial charge in [-0.1, -0.05) is 0 Å². The zero-order valence-corrected chi connectivity index (χ0v) is 14.7. The van der Waals surface area contributed by atoms with E-state index in [0.717, 1.165) is 31.2 Å². The number of urea groups is 1. The number of carbonyl (C=O) groups is 1. The average molecular weight is 330 g/mol. The smallest absolute Gasteiger partial charge is 0.318 e. The lowest BCUT2D eigenvalue weighted by Crippen LogP contribution is -2.73. The number of hydrogen-bond donors (Lipinski definition) is 2. The molecule has 6 saturated carbocycles. The summed E-state index contributed by atoms with van der Waals surface area (Å²) < 4.78 is 0. The number of aliphatic hydroxyl groups is 1. The molecule has 7 rings (SSSR count). The van der Waals surface area contributed by atoms with Crippen molar-refractivity contribution in [3.63, 3.8) is 0 Å². The second-order valence-corrected chi connectivity index (χ2v) is 10.2. The van der Waals surface area contributed by atoms with Gasteiger partial charge in [0, 0.05) is 24.0 Å². The highest BCUT2D eigenvalue weighted by Gasteiger charge is 2.74. The van der Waals surface area contributed by atoms with E-state index < -0.39 is 5.60 Å². The molecule has 4 bridgehead atoms. The van der Waals surface area contributed by atoms with Crippen LogP contribution in [0.1, 0.15) is 58.3 Å². The van der Waals surface area contributed by atoms with Crippen molar-refractivity contribution in [1.29, 1.82) is 0 Å². The molecule has 0 aromatic heterocycles. The van der Waals surface area contributed by atoms with Gasteiger partial charge in [-0.3, -0.25) is 0 Å². The Bertz CT molecular complexity index is 600. The van der Waals surface area contributed by atoms with Crippen molar-refractivity contribution in [2.45, 2.75) is 76.0 Å². The second-order valence-electron chi connectivity index (χ2n) is 10.2. The van der Waals surface area contributed by atoms with Gasteiger partial charge in [0.05, 0.1) is 5.60 Å². The topological polar surface area (TPSA) is 52.6 Å². The summed E-state index contributed by atoms with van der Waals surface area (Å²) in [6, 6.07) is 0.840. The second kappa shape index (κ2) is 4.31. The molecule has 4 nitrogen and oxygen atoms in total. The van der Waals surface area contributed by atoms with Gasteiger partial charge in [0.15, 0.2) is 0 Å². The summed E-state index contributed by atoms with van der Waals surface area (Å²) in [6.07, 6.45) is 9.84. The van der Waals surface area contributed by atoms with Crippen LogP contribution in [0.4, 0.5) is 4.79 Å². The SMILES string of the molecule is CC1CN(C2C3CC4CC(O)(C3)C(C3CC3)C2(C2CC2)C4)C(=O)N1. The first-order valence-corrected chi connectivity index (χ1v) is 10.3. The Kier molecular flexibility index (Phi) is 2.59. The fourth-order valence-corrected chi connectivity index (χ4v) is 8.24. The van der Waals surface area contributed by atoms with Crippen molar-refractivity contribution in [2.75, 3.05) is 6.54 Å². The molecule has 7 fully saturated rings. The Hall–Kier alpha value is -0.770. The molecule has 1 heterocycles. The fraction of sp³-hybridized carbons (Fsp3) is 0.950. The van der Waals surface area contributed by atoms with Crippen molar-refractivity contribution in [2.24, 2.45) is 35.0 Å². The molecule has 2 N–H and O–H groups in total. The van der Waals surface area contributed by atoms with Gasteiger partial charge in [0.1, 0.15) is 0 Å². The first-order chi connectivity index (χ1) is 11.5. The van der Waals surface area contributed by atoms with E-state index in [2.05, 4.69) is 17.1 Å². The van der Waals surface area contributed by atoms with E-state index in [-0.39, 0.29) is 17.5 Å². The third-order valence-corrected chi connectivity index (χ3v) is 8.56. The first-order valence-electron chi connectivity index (χ1n) is 10.3. The van der Waals surface area contributed by atoms with E-state index in [0.29, 0.717) is 23.8 Å². The molecule has 2 amide bonds. The summed E-state index contributed by atoms with van der Waals surface area (Å²) in [6.45, 7) is 3.00. The molecule has 1 saturated heterocycles. The van der Waals surface area contributed by atoms with Crippen LogP contribution in [0.5, 0.6) is 0 Å². The number of rotatable bonds is 3. The summed E-state index contributed by atoms with van der Waals surface area (Å²) in [7, 11) is 0. The van der Waals surface area contributed by atoms with Gasteiger partial charge in [0.25, 0.3) is 0 Å². The number of nitrogens with one attached hydrogen (secondary N) is 1. The number of hydrogen-bond acceptors (Lipinski definition) is 2. The van der Waals surface area contributed by atoms with Crippen molar-refractivity contribution < 1.29 is 9.90 Å². The maximum Gasteiger partial charge on any atom is 0.318 e. The summed E-state index contributed by atoms with van der Waals surface area (Å²) in [4.78, 5) is 14.9. The first kappa shape index (κ1) is 14.4. The largest absolute Gasteiger partial charge is 0.390 e. The highest BCUT2D eigenvalue weighted by Crippen LogP contribution is 2.75. The Labute approximate surface area is 144 Å². The van der Waals surface area contributed by atoms with E-state index in [9.17, 15) is 9.90 Å². The molecular formula is C20H30N2O2. The fourth-order valence-electron chi connectivity index (χ4n) is 8.24. The third-order valence-electron chi connectivity index (χ3n) is 8.56. The minimum Gasteiger partial charge on any atom is -0.390 e. The molecule has 0 aromatic carbocycles. The van der Waals surface area contributed by atoms with Gasteiger partial charge in [-0.2, -0.15) is 0 Å². The van der Waals surface area contributed by atoms with E-state index in [1.54, 1.807) is 0 Å². The molecule has 4 heteroatoms. The molecule has 7 unspecified atom stereocenters. The Balaban J connectivity index is 1.49. The van der Waals surface area contributed by atoms with Gasteiger partial charge in [-0.25, -0.2) is 4.79 Å². The summed E-state index contributed by atoms with van der Waals surface area (Å²) in [5, 5.41) is 14.8. The summed E-state index contributed by atoms with van der Waals surface area (Å²) >= 11 is 0. The standard InChI is InChI=1S/C20H30N2O2/c1-11-10-22(18(23)21-11)17-14-6-12-7-19(24,9-14)16(13-2-3-13)20(17,8-12)15-4-5-15/h11-17,24H,2-10H2,1H3,(H,21,23). The zero-order valence-electron chi connectivity index (χ0n) is 14.7. The zero-order chi connectivity index (χ0) is 16.3. The van der Waals surface area contributed by atoms with Gasteiger partial charge >= 0.3 is 6.03 Å². The monoisotopic (exact) mass is 330 g/mol. The van der Waals surface area contributed by atoms with Crippen LogP contribution >= 0.6 is 0 Å². The van der Waals surface area contributed by atoms with E-state index in [4.69, 9.17) is 0 Å². The maximum absolute atomic E-state index is 12.7. The van der Waals surface area contributed by atoms with Gasteiger partial charge < -0.3 is 15.3 Å². The minimum absolute atomic E-state index is 0.168. The van der Waals surface area contributed by atoms with Crippen molar-refractivity contribution in [3.05, 3.63) is 0 Å². The molecule has 132 valence electrons. The number of carbonyl (C=O) groups excluding carboxylic acids is 1. The highest BCUT2D eigenvalue weighted by atomic mass is 16.3. The van der Waals surface area contributed by atoms with Crippen LogP contribution in [0.2, 0.25) is 0 Å². The molecule has 7 atom stereocenters. The van der Waals surface area contributed by atoms with Crippen molar-refractivity contribution >= 4 is 6.03 Å². The summed E-state index contributed by atoms with van der Waals surface area (Å²) in [5.74, 6) is 3.23. The van der Waals surface area contributed by atoms with Crippen LogP contribution in [-0.2, 0) is 0 Å². The van der Waals surface area contributed by atoms with E-state index in [1.165, 1.54) is 38.5 Å². The van der Waals surface area contributed by atoms with E-state index >= 15 is 0 Å². The molecule has 0 spiro atoms. The highest BCUT2D eigenvalue weighted by molar-refractivity contribution is 5.77. The normalized spacial score (nSPS) is 56.0. The number of nitrogens with zero attached hydrogens (tertiary/aromatic N) is 1. The van der Waals surface area contributed by atoms with Crippen molar-refractivity contribution in [1.82, 2.24) is 10.2 Å². The van der Waals surface area contributed by atoms with Gasteiger partial charge in [0.2, 0.25) is 0 Å². The van der Waals surface area contributed by atoms with Crippen LogP contribution in [0.15, 0.2) is 0 Å². The van der Waals surface area contributed by atoms with Crippen LogP contribution in [0.3, 0.4) is 0 Å². The van der Waals surface area contributed by atoms with Crippen molar-refractivity contribution in [3.8, 4) is 0 Å².